The normalized spacial score (nSPS) is 10.3. The van der Waals surface area contributed by atoms with Gasteiger partial charge in [-0.15, -0.1) is 0 Å². The van der Waals surface area contributed by atoms with Crippen molar-refractivity contribution in [2.24, 2.45) is 5.92 Å². The molecule has 0 aromatic carbocycles. The maximum absolute atomic E-state index is 11.7. The summed E-state index contributed by atoms with van der Waals surface area (Å²) in [5, 5.41) is 0. The molecule has 4 nitrogen and oxygen atoms in total. The molecular weight excluding hydrogens is 280 g/mol. The van der Waals surface area contributed by atoms with Crippen molar-refractivity contribution in [1.29, 1.82) is 0 Å². The van der Waals surface area contributed by atoms with Crippen LogP contribution in [-0.2, 0) is 19.1 Å². The molecule has 4 heteroatoms. The van der Waals surface area contributed by atoms with Gasteiger partial charge in [0.1, 0.15) is 0 Å². The fourth-order valence-corrected chi connectivity index (χ4v) is 2.32. The van der Waals surface area contributed by atoms with E-state index in [2.05, 4.69) is 20.1 Å². The third-order valence-electron chi connectivity index (χ3n) is 3.56. The van der Waals surface area contributed by atoms with E-state index in [4.69, 9.17) is 9.47 Å². The number of carbonyl (C=O) groups excluding carboxylic acids is 2. The van der Waals surface area contributed by atoms with Crippen LogP contribution in [0.2, 0.25) is 0 Å². The summed E-state index contributed by atoms with van der Waals surface area (Å²) in [6.45, 7) is 8.86. The van der Waals surface area contributed by atoms with Gasteiger partial charge in [-0.2, -0.15) is 0 Å². The Morgan fingerprint density at radius 1 is 0.818 bits per heavy atom. The molecule has 0 bridgehead atoms. The molecule has 0 fully saturated rings. The van der Waals surface area contributed by atoms with E-state index in [1.165, 1.54) is 38.5 Å². The Balaban J connectivity index is 3.88. The molecule has 0 aliphatic carbocycles. The molecule has 0 aromatic rings. The summed E-state index contributed by atoms with van der Waals surface area (Å²) in [4.78, 5) is 23.4. The highest BCUT2D eigenvalue weighted by Gasteiger charge is 2.28. The van der Waals surface area contributed by atoms with Gasteiger partial charge in [0.25, 0.3) is 0 Å². The van der Waals surface area contributed by atoms with Crippen LogP contribution < -0.4 is 0 Å². The molecule has 0 rings (SSSR count). The molecule has 0 amide bonds. The lowest BCUT2D eigenvalue weighted by molar-refractivity contribution is -0.156. The Bertz CT molecular complexity index is 314. The molecule has 0 spiro atoms. The molecule has 126 valence electrons. The number of hydrogen-bond donors (Lipinski definition) is 0. The first-order valence-electron chi connectivity index (χ1n) is 8.30. The Morgan fingerprint density at radius 2 is 1.23 bits per heavy atom. The number of carbonyl (C=O) groups is 2. The first-order valence-corrected chi connectivity index (χ1v) is 8.30. The third-order valence-corrected chi connectivity index (χ3v) is 3.56. The standard InChI is InChI=1S/C18H30O4/c1-4-7-8-9-10-11-12-13-14-15-16(17(19)21-5-2)18(20)22-6-3/h5-6,16H,2-4,7-15H2,1H3. The molecule has 0 atom stereocenters. The summed E-state index contributed by atoms with van der Waals surface area (Å²) in [5.74, 6) is -2.11. The fraction of sp³-hybridized carbons (Fsp3) is 0.667. The molecular formula is C18H30O4. The summed E-state index contributed by atoms with van der Waals surface area (Å²) in [5.41, 5.74) is 0. The predicted octanol–water partition coefficient (Wildman–Crippen LogP) is 4.90. The van der Waals surface area contributed by atoms with Crippen LogP contribution in [-0.4, -0.2) is 11.9 Å². The second kappa shape index (κ2) is 14.4. The van der Waals surface area contributed by atoms with Crippen LogP contribution in [0, 0.1) is 5.92 Å². The van der Waals surface area contributed by atoms with Gasteiger partial charge in [0.05, 0.1) is 12.5 Å². The van der Waals surface area contributed by atoms with E-state index < -0.39 is 17.9 Å². The van der Waals surface area contributed by atoms with Gasteiger partial charge in [0.2, 0.25) is 0 Å². The number of ether oxygens (including phenoxy) is 2. The highest BCUT2D eigenvalue weighted by Crippen LogP contribution is 2.16. The molecule has 0 saturated carbocycles. The maximum atomic E-state index is 11.7. The van der Waals surface area contributed by atoms with E-state index in [1.54, 1.807) is 0 Å². The first-order chi connectivity index (χ1) is 10.7. The van der Waals surface area contributed by atoms with Gasteiger partial charge in [-0.3, -0.25) is 9.59 Å². The minimum absolute atomic E-state index is 0.440. The topological polar surface area (TPSA) is 52.6 Å². The molecule has 0 saturated heterocycles. The van der Waals surface area contributed by atoms with Gasteiger partial charge >= 0.3 is 11.9 Å². The van der Waals surface area contributed by atoms with E-state index in [0.717, 1.165) is 31.8 Å². The van der Waals surface area contributed by atoms with Crippen LogP contribution >= 0.6 is 0 Å². The summed E-state index contributed by atoms with van der Waals surface area (Å²) in [6.07, 6.45) is 13.1. The minimum atomic E-state index is -0.888. The van der Waals surface area contributed by atoms with E-state index in [0.29, 0.717) is 6.42 Å². The molecule has 0 radical (unpaired) electrons. The lowest BCUT2D eigenvalue weighted by atomic mass is 10.00. The van der Waals surface area contributed by atoms with Crippen LogP contribution in [0.4, 0.5) is 0 Å². The van der Waals surface area contributed by atoms with E-state index in [9.17, 15) is 9.59 Å². The highest BCUT2D eigenvalue weighted by molar-refractivity contribution is 5.95. The number of hydrogen-bond acceptors (Lipinski definition) is 4. The van der Waals surface area contributed by atoms with Gasteiger partial charge in [0.15, 0.2) is 5.92 Å². The quantitative estimate of drug-likeness (QED) is 0.198. The van der Waals surface area contributed by atoms with E-state index in [1.807, 2.05) is 0 Å². The van der Waals surface area contributed by atoms with Crippen LogP contribution in [0.1, 0.15) is 71.1 Å². The molecule has 0 aliphatic rings. The highest BCUT2D eigenvalue weighted by atomic mass is 16.5. The molecule has 22 heavy (non-hydrogen) atoms. The second-order valence-corrected chi connectivity index (χ2v) is 5.38. The van der Waals surface area contributed by atoms with Crippen molar-refractivity contribution < 1.29 is 19.1 Å². The van der Waals surface area contributed by atoms with Gasteiger partial charge in [-0.1, -0.05) is 77.9 Å². The Morgan fingerprint density at radius 3 is 1.64 bits per heavy atom. The van der Waals surface area contributed by atoms with Crippen LogP contribution in [0.5, 0.6) is 0 Å². The summed E-state index contributed by atoms with van der Waals surface area (Å²) in [6, 6.07) is 0. The van der Waals surface area contributed by atoms with Crippen molar-refractivity contribution in [3.8, 4) is 0 Å². The predicted molar refractivity (Wildman–Crippen MR) is 87.9 cm³/mol. The second-order valence-electron chi connectivity index (χ2n) is 5.38. The Kier molecular flexibility index (Phi) is 13.3. The largest absolute Gasteiger partial charge is 0.434 e. The summed E-state index contributed by atoms with van der Waals surface area (Å²) in [7, 11) is 0. The van der Waals surface area contributed by atoms with Crippen molar-refractivity contribution in [2.75, 3.05) is 0 Å². The fourth-order valence-electron chi connectivity index (χ4n) is 2.32. The molecule has 0 aliphatic heterocycles. The SMILES string of the molecule is C=COC(=O)C(CCCCCCCCCCC)C(=O)OC=C. The summed E-state index contributed by atoms with van der Waals surface area (Å²) >= 11 is 0. The minimum Gasteiger partial charge on any atom is -0.434 e. The average molecular weight is 310 g/mol. The van der Waals surface area contributed by atoms with Crippen molar-refractivity contribution >= 4 is 11.9 Å². The molecule has 0 unspecified atom stereocenters. The molecule has 0 aromatic heterocycles. The zero-order valence-corrected chi connectivity index (χ0v) is 13.9. The maximum Gasteiger partial charge on any atom is 0.325 e. The molecule has 0 heterocycles. The van der Waals surface area contributed by atoms with Crippen LogP contribution in [0.25, 0.3) is 0 Å². The van der Waals surface area contributed by atoms with Crippen molar-refractivity contribution in [3.63, 3.8) is 0 Å². The van der Waals surface area contributed by atoms with Gasteiger partial charge in [0, 0.05) is 0 Å². The van der Waals surface area contributed by atoms with Gasteiger partial charge < -0.3 is 9.47 Å². The lowest BCUT2D eigenvalue weighted by Gasteiger charge is -2.12. The van der Waals surface area contributed by atoms with Crippen molar-refractivity contribution in [2.45, 2.75) is 71.1 Å². The van der Waals surface area contributed by atoms with Crippen molar-refractivity contribution in [1.82, 2.24) is 0 Å². The van der Waals surface area contributed by atoms with Gasteiger partial charge in [-0.05, 0) is 6.42 Å². The van der Waals surface area contributed by atoms with E-state index >= 15 is 0 Å². The number of unbranched alkanes of at least 4 members (excludes halogenated alkanes) is 8. The number of rotatable bonds is 14. The Hall–Kier alpha value is -1.58. The monoisotopic (exact) mass is 310 g/mol. The van der Waals surface area contributed by atoms with Gasteiger partial charge in [-0.25, -0.2) is 0 Å². The summed E-state index contributed by atoms with van der Waals surface area (Å²) < 4.78 is 9.39. The zero-order valence-electron chi connectivity index (χ0n) is 13.9. The third kappa shape index (κ3) is 10.2. The van der Waals surface area contributed by atoms with E-state index in [-0.39, 0.29) is 0 Å². The Labute approximate surface area is 134 Å². The number of esters is 2. The van der Waals surface area contributed by atoms with Crippen molar-refractivity contribution in [3.05, 3.63) is 25.7 Å². The lowest BCUT2D eigenvalue weighted by Crippen LogP contribution is -2.25. The molecule has 0 N–H and O–H groups in total. The first kappa shape index (κ1) is 20.4. The smallest absolute Gasteiger partial charge is 0.325 e. The zero-order chi connectivity index (χ0) is 16.6. The van der Waals surface area contributed by atoms with Crippen LogP contribution in [0.3, 0.4) is 0 Å². The average Bonchev–Trinajstić information content (AvgIpc) is 2.49. The van der Waals surface area contributed by atoms with Crippen LogP contribution in [0.15, 0.2) is 25.7 Å².